The highest BCUT2D eigenvalue weighted by molar-refractivity contribution is 7.80. The number of esters is 1. The number of allylic oxidation sites excluding steroid dienone is 14. The van der Waals surface area contributed by atoms with E-state index in [0.717, 1.165) is 89.9 Å². The number of hydrogen-bond donors (Lipinski definition) is 4. The van der Waals surface area contributed by atoms with E-state index in [2.05, 4.69) is 103 Å². The topological polar surface area (TPSA) is 178 Å². The summed E-state index contributed by atoms with van der Waals surface area (Å²) in [6.45, 7) is 3.55. The molecule has 56 heavy (non-hydrogen) atoms. The van der Waals surface area contributed by atoms with Gasteiger partial charge in [-0.25, -0.2) is 4.18 Å². The number of aliphatic hydroxyl groups is 3. The fourth-order valence-electron chi connectivity index (χ4n) is 5.51. The van der Waals surface area contributed by atoms with Gasteiger partial charge in [0.15, 0.2) is 6.29 Å². The monoisotopic (exact) mass is 810 g/mol. The molecule has 6 unspecified atom stereocenters. The highest BCUT2D eigenvalue weighted by Gasteiger charge is 2.48. The van der Waals surface area contributed by atoms with Gasteiger partial charge in [-0.2, -0.15) is 8.42 Å². The SMILES string of the molecule is CC/C=C\C/C=C\C/C=C\C/C=C\CCCOCC(COC1OC(CO)C(O)C(OS(=O)(=O)O)C1O)OC(=O)CCCCCCC/C=C\C/C=C\C/C=C\CC. The number of carbonyl (C=O) groups excluding carboxylic acids is 1. The average Bonchev–Trinajstić information content (AvgIpc) is 3.17. The lowest BCUT2D eigenvalue weighted by Gasteiger charge is -2.41. The van der Waals surface area contributed by atoms with Crippen molar-refractivity contribution in [3.05, 3.63) is 85.1 Å². The first-order valence-corrected chi connectivity index (χ1v) is 21.7. The predicted molar refractivity (Wildman–Crippen MR) is 220 cm³/mol. The van der Waals surface area contributed by atoms with E-state index >= 15 is 0 Å². The molecule has 0 bridgehead atoms. The molecule has 12 nitrogen and oxygen atoms in total. The van der Waals surface area contributed by atoms with E-state index in [1.165, 1.54) is 0 Å². The lowest BCUT2D eigenvalue weighted by Crippen LogP contribution is -2.60. The lowest BCUT2D eigenvalue weighted by atomic mass is 9.99. The van der Waals surface area contributed by atoms with Gasteiger partial charge >= 0.3 is 16.4 Å². The van der Waals surface area contributed by atoms with Crippen molar-refractivity contribution in [2.75, 3.05) is 26.4 Å². The maximum absolute atomic E-state index is 12.8. The highest BCUT2D eigenvalue weighted by atomic mass is 32.3. The van der Waals surface area contributed by atoms with E-state index in [9.17, 15) is 28.5 Å². The van der Waals surface area contributed by atoms with Gasteiger partial charge < -0.3 is 34.3 Å². The minimum Gasteiger partial charge on any atom is -0.457 e. The fourth-order valence-corrected chi connectivity index (χ4v) is 6.02. The third kappa shape index (κ3) is 27.8. The van der Waals surface area contributed by atoms with Gasteiger partial charge in [-0.1, -0.05) is 118 Å². The first-order chi connectivity index (χ1) is 27.1. The van der Waals surface area contributed by atoms with Crippen LogP contribution in [0.5, 0.6) is 0 Å². The molecule has 0 aromatic carbocycles. The molecule has 320 valence electrons. The van der Waals surface area contributed by atoms with E-state index in [0.29, 0.717) is 13.0 Å². The first-order valence-electron chi connectivity index (χ1n) is 20.3. The highest BCUT2D eigenvalue weighted by Crippen LogP contribution is 2.26. The van der Waals surface area contributed by atoms with Crippen molar-refractivity contribution in [2.45, 2.75) is 153 Å². The molecule has 6 atom stereocenters. The van der Waals surface area contributed by atoms with E-state index < -0.39 is 59.8 Å². The molecule has 0 spiro atoms. The second-order valence-corrected chi connectivity index (χ2v) is 14.5. The molecule has 0 amide bonds. The molecular weight excluding hydrogens is 741 g/mol. The van der Waals surface area contributed by atoms with Crippen molar-refractivity contribution in [3.63, 3.8) is 0 Å². The molecule has 1 heterocycles. The Morgan fingerprint density at radius 1 is 0.679 bits per heavy atom. The van der Waals surface area contributed by atoms with Crippen LogP contribution in [0, 0.1) is 0 Å². The van der Waals surface area contributed by atoms with Crippen LogP contribution in [0.25, 0.3) is 0 Å². The van der Waals surface area contributed by atoms with Crippen molar-refractivity contribution in [3.8, 4) is 0 Å². The number of carbonyl (C=O) groups is 1. The standard InChI is InChI=1S/C43H70O12S/c1-3-5-7-9-11-13-15-17-19-20-22-24-26-28-30-32-39(45)53-37(35-51-33-31-29-27-25-23-21-18-16-14-12-10-8-6-4-2)36-52-43-41(47)42(55-56(48,49)50)40(46)38(34-44)54-43/h5-8,11-14,17-19,21,25,27,37-38,40-44,46-47H,3-4,9-10,15-16,20,22-24,26,28-36H2,1-2H3,(H,48,49,50)/b7-5-,8-6-,13-11-,14-12-,19-17-,21-18-,27-25-. The van der Waals surface area contributed by atoms with Gasteiger partial charge in [-0.15, -0.1) is 0 Å². The summed E-state index contributed by atoms with van der Waals surface area (Å²) < 4.78 is 58.8. The maximum Gasteiger partial charge on any atom is 0.397 e. The van der Waals surface area contributed by atoms with Crippen LogP contribution >= 0.6 is 0 Å². The Kier molecular flexibility index (Phi) is 31.4. The number of unbranched alkanes of at least 4 members (excludes halogenated alkanes) is 6. The number of hydrogen-bond acceptors (Lipinski definition) is 11. The summed E-state index contributed by atoms with van der Waals surface area (Å²) >= 11 is 0. The van der Waals surface area contributed by atoms with E-state index in [4.69, 9.17) is 23.5 Å². The van der Waals surface area contributed by atoms with Crippen LogP contribution < -0.4 is 0 Å². The second kappa shape index (κ2) is 34.3. The van der Waals surface area contributed by atoms with Crippen LogP contribution in [0.2, 0.25) is 0 Å². The summed E-state index contributed by atoms with van der Waals surface area (Å²) in [6, 6.07) is 0. The van der Waals surface area contributed by atoms with Gasteiger partial charge in [0.25, 0.3) is 0 Å². The number of ether oxygens (including phenoxy) is 4. The zero-order chi connectivity index (χ0) is 41.1. The van der Waals surface area contributed by atoms with Crippen LogP contribution in [0.4, 0.5) is 0 Å². The Bertz CT molecular complexity index is 1300. The first kappa shape index (κ1) is 51.3. The molecule has 13 heteroatoms. The Labute approximate surface area is 336 Å². The molecule has 0 aromatic rings. The minimum absolute atomic E-state index is 0.0149. The molecule has 1 aliphatic heterocycles. The van der Waals surface area contributed by atoms with E-state index in [-0.39, 0.29) is 19.6 Å². The molecular formula is C43H70O12S. The van der Waals surface area contributed by atoms with Gasteiger partial charge in [-0.05, 0) is 77.0 Å². The largest absolute Gasteiger partial charge is 0.457 e. The molecule has 0 aliphatic carbocycles. The normalized spacial score (nSPS) is 21.7. The minimum atomic E-state index is -5.07. The Morgan fingerprint density at radius 2 is 1.18 bits per heavy atom. The van der Waals surface area contributed by atoms with Crippen molar-refractivity contribution in [2.24, 2.45) is 0 Å². The molecule has 1 aliphatic rings. The molecule has 1 fully saturated rings. The van der Waals surface area contributed by atoms with Gasteiger partial charge in [0.2, 0.25) is 0 Å². The van der Waals surface area contributed by atoms with Gasteiger partial charge in [0.05, 0.1) is 19.8 Å². The third-order valence-corrected chi connectivity index (χ3v) is 8.98. The second-order valence-electron chi connectivity index (χ2n) is 13.5. The summed E-state index contributed by atoms with van der Waals surface area (Å²) in [5.74, 6) is -0.440. The summed E-state index contributed by atoms with van der Waals surface area (Å²) in [6.07, 6.45) is 34.9. The van der Waals surface area contributed by atoms with E-state index in [1.807, 2.05) is 0 Å². The fraction of sp³-hybridized carbons (Fsp3) is 0.651. The molecule has 0 aromatic heterocycles. The lowest BCUT2D eigenvalue weighted by molar-refractivity contribution is -0.301. The van der Waals surface area contributed by atoms with Crippen LogP contribution in [-0.2, 0) is 38.3 Å². The van der Waals surface area contributed by atoms with Crippen molar-refractivity contribution >= 4 is 16.4 Å². The summed E-state index contributed by atoms with van der Waals surface area (Å²) in [7, 11) is -5.07. The molecule has 0 radical (unpaired) electrons. The number of aliphatic hydroxyl groups excluding tert-OH is 3. The van der Waals surface area contributed by atoms with Gasteiger partial charge in [0, 0.05) is 13.0 Å². The quantitative estimate of drug-likeness (QED) is 0.0220. The molecule has 0 saturated carbocycles. The molecule has 1 saturated heterocycles. The molecule has 1 rings (SSSR count). The summed E-state index contributed by atoms with van der Waals surface area (Å²) in [4.78, 5) is 12.8. The van der Waals surface area contributed by atoms with Crippen molar-refractivity contribution in [1.29, 1.82) is 0 Å². The van der Waals surface area contributed by atoms with Gasteiger partial charge in [0.1, 0.15) is 30.5 Å². The zero-order valence-corrected chi connectivity index (χ0v) is 34.5. The molecule has 4 N–H and O–H groups in total. The Morgan fingerprint density at radius 3 is 1.71 bits per heavy atom. The maximum atomic E-state index is 12.8. The average molecular weight is 811 g/mol. The van der Waals surface area contributed by atoms with Gasteiger partial charge in [-0.3, -0.25) is 9.35 Å². The zero-order valence-electron chi connectivity index (χ0n) is 33.7. The van der Waals surface area contributed by atoms with Crippen molar-refractivity contribution < 1.29 is 56.2 Å². The van der Waals surface area contributed by atoms with E-state index in [1.54, 1.807) is 0 Å². The Balaban J connectivity index is 2.55. The number of rotatable bonds is 33. The van der Waals surface area contributed by atoms with Crippen LogP contribution in [0.3, 0.4) is 0 Å². The summed E-state index contributed by atoms with van der Waals surface area (Å²) in [5, 5.41) is 30.6. The smallest absolute Gasteiger partial charge is 0.397 e. The van der Waals surface area contributed by atoms with Crippen LogP contribution in [0.1, 0.15) is 117 Å². The van der Waals surface area contributed by atoms with Crippen molar-refractivity contribution in [1.82, 2.24) is 0 Å². The van der Waals surface area contributed by atoms with Crippen LogP contribution in [-0.4, -0.2) is 97.5 Å². The Hall–Kier alpha value is -2.72. The third-order valence-electron chi connectivity index (χ3n) is 8.51. The summed E-state index contributed by atoms with van der Waals surface area (Å²) in [5.41, 5.74) is 0. The van der Waals surface area contributed by atoms with Crippen LogP contribution in [0.15, 0.2) is 85.1 Å². The predicted octanol–water partition coefficient (Wildman–Crippen LogP) is 7.73.